The van der Waals surface area contributed by atoms with Gasteiger partial charge in [0.25, 0.3) is 11.8 Å². The van der Waals surface area contributed by atoms with Gasteiger partial charge in [-0.1, -0.05) is 19.4 Å². The Balaban J connectivity index is 1.98. The highest BCUT2D eigenvalue weighted by atomic mass is 32.1. The number of thiophene rings is 1. The normalized spacial score (nSPS) is 10.3. The van der Waals surface area contributed by atoms with Gasteiger partial charge in [0.15, 0.2) is 0 Å². The lowest BCUT2D eigenvalue weighted by molar-refractivity contribution is 0.0793. The summed E-state index contributed by atoms with van der Waals surface area (Å²) in [7, 11) is 1.81. The van der Waals surface area contributed by atoms with E-state index in [0.29, 0.717) is 16.1 Å². The zero-order chi connectivity index (χ0) is 15.9. The third-order valence-electron chi connectivity index (χ3n) is 3.33. The van der Waals surface area contributed by atoms with Crippen LogP contribution in [0.25, 0.3) is 0 Å². The van der Waals surface area contributed by atoms with Crippen LogP contribution in [0, 0.1) is 0 Å². The van der Waals surface area contributed by atoms with Crippen LogP contribution in [0.2, 0.25) is 0 Å². The lowest BCUT2D eigenvalue weighted by Crippen LogP contribution is -2.27. The number of rotatable bonds is 6. The predicted octanol–water partition coefficient (Wildman–Crippen LogP) is 3.87. The van der Waals surface area contributed by atoms with Crippen molar-refractivity contribution >= 4 is 28.8 Å². The first-order chi connectivity index (χ1) is 10.6. The third kappa shape index (κ3) is 4.18. The Hall–Kier alpha value is -2.14. The van der Waals surface area contributed by atoms with Crippen LogP contribution in [-0.2, 0) is 0 Å². The Labute approximate surface area is 134 Å². The smallest absolute Gasteiger partial charge is 0.265 e. The van der Waals surface area contributed by atoms with E-state index in [0.717, 1.165) is 19.4 Å². The summed E-state index contributed by atoms with van der Waals surface area (Å²) in [6.07, 6.45) is 2.06. The minimum atomic E-state index is -0.130. The third-order valence-corrected chi connectivity index (χ3v) is 4.20. The topological polar surface area (TPSA) is 49.4 Å². The molecular formula is C17H20N2O2S. The summed E-state index contributed by atoms with van der Waals surface area (Å²) in [6.45, 7) is 2.86. The van der Waals surface area contributed by atoms with Crippen molar-refractivity contribution in [1.82, 2.24) is 4.90 Å². The Morgan fingerprint density at radius 1 is 1.18 bits per heavy atom. The average Bonchev–Trinajstić information content (AvgIpc) is 3.07. The molecule has 5 heteroatoms. The molecule has 0 atom stereocenters. The molecule has 0 spiro atoms. The number of nitrogens with zero attached hydrogens (tertiary/aromatic N) is 1. The van der Waals surface area contributed by atoms with Crippen molar-refractivity contribution in [3.8, 4) is 0 Å². The van der Waals surface area contributed by atoms with Crippen LogP contribution < -0.4 is 5.32 Å². The van der Waals surface area contributed by atoms with Crippen molar-refractivity contribution in [2.45, 2.75) is 19.8 Å². The maximum absolute atomic E-state index is 12.2. The fraction of sp³-hybridized carbons (Fsp3) is 0.294. The van der Waals surface area contributed by atoms with E-state index < -0.39 is 0 Å². The van der Waals surface area contributed by atoms with Crippen LogP contribution >= 0.6 is 11.3 Å². The van der Waals surface area contributed by atoms with E-state index in [1.165, 1.54) is 11.3 Å². The number of hydrogen-bond donors (Lipinski definition) is 1. The number of nitrogens with one attached hydrogen (secondary N) is 1. The van der Waals surface area contributed by atoms with Crippen molar-refractivity contribution in [1.29, 1.82) is 0 Å². The second-order valence-electron chi connectivity index (χ2n) is 5.09. The summed E-state index contributed by atoms with van der Waals surface area (Å²) in [5.41, 5.74) is 1.32. The summed E-state index contributed by atoms with van der Waals surface area (Å²) in [5.74, 6) is -0.126. The number of carbonyl (C=O) groups excluding carboxylic acids is 2. The maximum atomic E-state index is 12.2. The number of carbonyl (C=O) groups is 2. The molecule has 0 saturated heterocycles. The average molecular weight is 316 g/mol. The Morgan fingerprint density at radius 2 is 1.91 bits per heavy atom. The molecule has 2 rings (SSSR count). The molecule has 0 aliphatic carbocycles. The lowest BCUT2D eigenvalue weighted by Gasteiger charge is -2.16. The highest BCUT2D eigenvalue weighted by Crippen LogP contribution is 2.15. The molecule has 1 heterocycles. The molecule has 0 bridgehead atoms. The summed E-state index contributed by atoms with van der Waals surface area (Å²) >= 11 is 1.40. The molecule has 4 nitrogen and oxygen atoms in total. The summed E-state index contributed by atoms with van der Waals surface area (Å²) in [4.78, 5) is 26.5. The second kappa shape index (κ2) is 7.75. The van der Waals surface area contributed by atoms with Crippen LogP contribution in [0.4, 0.5) is 5.69 Å². The Morgan fingerprint density at radius 3 is 2.50 bits per heavy atom. The summed E-state index contributed by atoms with van der Waals surface area (Å²) in [5, 5.41) is 4.68. The van der Waals surface area contributed by atoms with Gasteiger partial charge in [-0.3, -0.25) is 9.59 Å². The second-order valence-corrected chi connectivity index (χ2v) is 6.04. The first-order valence-electron chi connectivity index (χ1n) is 7.32. The number of anilines is 1. The number of unbranched alkanes of at least 4 members (excludes halogenated alkanes) is 1. The Bertz CT molecular complexity index is 621. The monoisotopic (exact) mass is 316 g/mol. The molecule has 0 fully saturated rings. The fourth-order valence-electron chi connectivity index (χ4n) is 2.01. The zero-order valence-corrected chi connectivity index (χ0v) is 13.7. The van der Waals surface area contributed by atoms with Crippen molar-refractivity contribution in [3.05, 3.63) is 52.2 Å². The van der Waals surface area contributed by atoms with E-state index in [1.54, 1.807) is 35.2 Å². The number of hydrogen-bond acceptors (Lipinski definition) is 3. The van der Waals surface area contributed by atoms with Crippen LogP contribution in [0.5, 0.6) is 0 Å². The van der Waals surface area contributed by atoms with Gasteiger partial charge in [0, 0.05) is 24.8 Å². The van der Waals surface area contributed by atoms with Gasteiger partial charge in [-0.05, 0) is 42.1 Å². The van der Waals surface area contributed by atoms with E-state index in [2.05, 4.69) is 12.2 Å². The highest BCUT2D eigenvalue weighted by Gasteiger charge is 2.12. The molecule has 0 aliphatic rings. The standard InChI is InChI=1S/C17H20N2O2S/c1-3-4-11-19(2)17(21)13-7-9-14(10-8-13)18-16(20)15-6-5-12-22-15/h5-10,12H,3-4,11H2,1-2H3,(H,18,20). The molecular weight excluding hydrogens is 296 g/mol. The van der Waals surface area contributed by atoms with E-state index in [9.17, 15) is 9.59 Å². The molecule has 2 aromatic rings. The van der Waals surface area contributed by atoms with E-state index in [1.807, 2.05) is 18.5 Å². The number of benzene rings is 1. The predicted molar refractivity (Wildman–Crippen MR) is 90.6 cm³/mol. The minimum absolute atomic E-state index is 0.00424. The number of amides is 2. The van der Waals surface area contributed by atoms with Gasteiger partial charge < -0.3 is 10.2 Å². The first kappa shape index (κ1) is 16.2. The highest BCUT2D eigenvalue weighted by molar-refractivity contribution is 7.12. The van der Waals surface area contributed by atoms with Gasteiger partial charge in [-0.2, -0.15) is 0 Å². The fourth-order valence-corrected chi connectivity index (χ4v) is 2.63. The van der Waals surface area contributed by atoms with Crippen LogP contribution in [0.3, 0.4) is 0 Å². The molecule has 1 aromatic heterocycles. The van der Waals surface area contributed by atoms with E-state index >= 15 is 0 Å². The molecule has 0 aliphatic heterocycles. The molecule has 1 aromatic carbocycles. The van der Waals surface area contributed by atoms with Crippen molar-refractivity contribution in [3.63, 3.8) is 0 Å². The molecule has 0 saturated carbocycles. The molecule has 116 valence electrons. The van der Waals surface area contributed by atoms with Crippen LogP contribution in [0.1, 0.15) is 39.8 Å². The molecule has 22 heavy (non-hydrogen) atoms. The van der Waals surface area contributed by atoms with Crippen LogP contribution in [0.15, 0.2) is 41.8 Å². The molecule has 0 radical (unpaired) electrons. The van der Waals surface area contributed by atoms with Gasteiger partial charge in [0.1, 0.15) is 0 Å². The van der Waals surface area contributed by atoms with Crippen LogP contribution in [-0.4, -0.2) is 30.3 Å². The van der Waals surface area contributed by atoms with Gasteiger partial charge in [-0.15, -0.1) is 11.3 Å². The van der Waals surface area contributed by atoms with Crippen molar-refractivity contribution in [2.24, 2.45) is 0 Å². The molecule has 2 amide bonds. The first-order valence-corrected chi connectivity index (χ1v) is 8.20. The summed E-state index contributed by atoms with van der Waals surface area (Å²) < 4.78 is 0. The van der Waals surface area contributed by atoms with E-state index in [4.69, 9.17) is 0 Å². The summed E-state index contributed by atoms with van der Waals surface area (Å²) in [6, 6.07) is 10.6. The SMILES string of the molecule is CCCCN(C)C(=O)c1ccc(NC(=O)c2cccs2)cc1. The molecule has 0 unspecified atom stereocenters. The zero-order valence-electron chi connectivity index (χ0n) is 12.8. The maximum Gasteiger partial charge on any atom is 0.265 e. The largest absolute Gasteiger partial charge is 0.342 e. The lowest BCUT2D eigenvalue weighted by atomic mass is 10.1. The minimum Gasteiger partial charge on any atom is -0.342 e. The quantitative estimate of drug-likeness (QED) is 0.879. The molecule has 1 N–H and O–H groups in total. The Kier molecular flexibility index (Phi) is 5.72. The van der Waals surface area contributed by atoms with Gasteiger partial charge in [0.2, 0.25) is 0 Å². The van der Waals surface area contributed by atoms with Crippen molar-refractivity contribution in [2.75, 3.05) is 18.9 Å². The van der Waals surface area contributed by atoms with E-state index in [-0.39, 0.29) is 11.8 Å². The van der Waals surface area contributed by atoms with Gasteiger partial charge in [0.05, 0.1) is 4.88 Å². The van der Waals surface area contributed by atoms with Gasteiger partial charge >= 0.3 is 0 Å². The van der Waals surface area contributed by atoms with Gasteiger partial charge in [-0.25, -0.2) is 0 Å². The van der Waals surface area contributed by atoms with Crippen molar-refractivity contribution < 1.29 is 9.59 Å².